The summed E-state index contributed by atoms with van der Waals surface area (Å²) in [5.74, 6) is 3.22. The molecule has 1 aromatic carbocycles. The van der Waals surface area contributed by atoms with Crippen molar-refractivity contribution < 1.29 is 4.79 Å². The van der Waals surface area contributed by atoms with Gasteiger partial charge in [-0.2, -0.15) is 16.9 Å². The Morgan fingerprint density at radius 2 is 2.20 bits per heavy atom. The van der Waals surface area contributed by atoms with Crippen molar-refractivity contribution >= 4 is 23.4 Å². The van der Waals surface area contributed by atoms with Gasteiger partial charge < -0.3 is 10.6 Å². The largest absolute Gasteiger partial charge is 0.372 e. The zero-order chi connectivity index (χ0) is 20.4. The first-order valence-electron chi connectivity index (χ1n) is 10.2. The number of carbonyl (C=O) groups excluding carboxylic acids is 1. The zero-order valence-corrected chi connectivity index (χ0v) is 17.3. The number of aromatic nitrogens is 5. The van der Waals surface area contributed by atoms with E-state index in [9.17, 15) is 4.79 Å². The highest BCUT2D eigenvalue weighted by Crippen LogP contribution is 2.38. The Hall–Kier alpha value is -2.94. The van der Waals surface area contributed by atoms with Crippen LogP contribution in [0.25, 0.3) is 11.5 Å². The molecular formula is C21H23N7OS. The Balaban J connectivity index is 1.38. The minimum Gasteiger partial charge on any atom is -0.372 e. The highest BCUT2D eigenvalue weighted by Gasteiger charge is 2.39. The van der Waals surface area contributed by atoms with Crippen LogP contribution in [0.4, 0.5) is 5.69 Å². The van der Waals surface area contributed by atoms with Gasteiger partial charge in [-0.15, -0.1) is 0 Å². The lowest BCUT2D eigenvalue weighted by Gasteiger charge is -2.29. The number of anilines is 1. The van der Waals surface area contributed by atoms with Crippen LogP contribution in [-0.4, -0.2) is 48.6 Å². The van der Waals surface area contributed by atoms with Crippen LogP contribution < -0.4 is 10.6 Å². The molecule has 3 heterocycles. The van der Waals surface area contributed by atoms with Gasteiger partial charge >= 0.3 is 0 Å². The molecule has 1 aliphatic carbocycles. The van der Waals surface area contributed by atoms with Crippen molar-refractivity contribution in [2.45, 2.75) is 37.3 Å². The van der Waals surface area contributed by atoms with Crippen LogP contribution in [0.2, 0.25) is 0 Å². The maximum absolute atomic E-state index is 12.6. The van der Waals surface area contributed by atoms with Gasteiger partial charge in [0.05, 0.1) is 0 Å². The monoisotopic (exact) mass is 421 g/mol. The summed E-state index contributed by atoms with van der Waals surface area (Å²) in [6.45, 7) is 0. The summed E-state index contributed by atoms with van der Waals surface area (Å²) in [7, 11) is 0. The molecular weight excluding hydrogens is 398 g/mol. The van der Waals surface area contributed by atoms with Crippen molar-refractivity contribution in [3.8, 4) is 11.5 Å². The molecule has 2 aromatic heterocycles. The predicted octanol–water partition coefficient (Wildman–Crippen LogP) is 2.99. The first-order valence-corrected chi connectivity index (χ1v) is 11.3. The number of carbonyl (C=O) groups is 1. The van der Waals surface area contributed by atoms with Crippen LogP contribution >= 0.6 is 11.8 Å². The number of amides is 1. The highest BCUT2D eigenvalue weighted by molar-refractivity contribution is 7.99. The van der Waals surface area contributed by atoms with E-state index in [2.05, 4.69) is 30.8 Å². The topological polar surface area (TPSA) is 108 Å². The van der Waals surface area contributed by atoms with Crippen LogP contribution in [0.1, 0.15) is 41.9 Å². The molecule has 2 aliphatic rings. The molecule has 0 bridgehead atoms. The van der Waals surface area contributed by atoms with E-state index in [1.54, 1.807) is 12.3 Å². The van der Waals surface area contributed by atoms with Crippen LogP contribution in [0.15, 0.2) is 42.9 Å². The van der Waals surface area contributed by atoms with E-state index in [4.69, 9.17) is 4.98 Å². The SMILES string of the molecule is O=C(NC1CCC1)c1cccc(NC2(c3nc(-c4ccncn4)n[nH]3)CCSC2)c1. The van der Waals surface area contributed by atoms with E-state index < -0.39 is 0 Å². The van der Waals surface area contributed by atoms with Gasteiger partial charge in [0.1, 0.15) is 17.6 Å². The average molecular weight is 422 g/mol. The fourth-order valence-electron chi connectivity index (χ4n) is 3.76. The lowest BCUT2D eigenvalue weighted by molar-refractivity contribution is 0.0917. The number of H-pyrrole nitrogens is 1. The number of hydrogen-bond donors (Lipinski definition) is 3. The van der Waals surface area contributed by atoms with Gasteiger partial charge in [-0.05, 0) is 55.7 Å². The van der Waals surface area contributed by atoms with Crippen molar-refractivity contribution in [3.63, 3.8) is 0 Å². The van der Waals surface area contributed by atoms with Crippen molar-refractivity contribution in [2.24, 2.45) is 0 Å². The van der Waals surface area contributed by atoms with E-state index in [1.165, 1.54) is 12.7 Å². The molecule has 1 atom stereocenters. The van der Waals surface area contributed by atoms with E-state index in [0.29, 0.717) is 23.1 Å². The molecule has 5 rings (SSSR count). The van der Waals surface area contributed by atoms with Gasteiger partial charge in [0.25, 0.3) is 5.91 Å². The summed E-state index contributed by atoms with van der Waals surface area (Å²) in [6, 6.07) is 9.80. The minimum atomic E-state index is -0.369. The number of nitrogens with one attached hydrogen (secondary N) is 3. The lowest BCUT2D eigenvalue weighted by Crippen LogP contribution is -2.39. The Bertz CT molecular complexity index is 1030. The third kappa shape index (κ3) is 3.77. The number of aromatic amines is 1. The molecule has 0 radical (unpaired) electrons. The molecule has 0 spiro atoms. The number of thioether (sulfide) groups is 1. The third-order valence-electron chi connectivity index (χ3n) is 5.72. The smallest absolute Gasteiger partial charge is 0.251 e. The summed E-state index contributed by atoms with van der Waals surface area (Å²) < 4.78 is 0. The Morgan fingerprint density at radius 3 is 2.93 bits per heavy atom. The summed E-state index contributed by atoms with van der Waals surface area (Å²) in [4.78, 5) is 25.5. The quantitative estimate of drug-likeness (QED) is 0.561. The fraction of sp³-hybridized carbons (Fsp3) is 0.381. The van der Waals surface area contributed by atoms with Crippen LogP contribution in [0.5, 0.6) is 0 Å². The van der Waals surface area contributed by atoms with Crippen LogP contribution in [0, 0.1) is 0 Å². The zero-order valence-electron chi connectivity index (χ0n) is 16.5. The van der Waals surface area contributed by atoms with Crippen molar-refractivity contribution in [3.05, 3.63) is 54.2 Å². The second-order valence-electron chi connectivity index (χ2n) is 7.79. The third-order valence-corrected chi connectivity index (χ3v) is 6.91. The second kappa shape index (κ2) is 8.06. The molecule has 154 valence electrons. The van der Waals surface area contributed by atoms with Crippen molar-refractivity contribution in [1.82, 2.24) is 30.5 Å². The molecule has 3 aromatic rings. The highest BCUT2D eigenvalue weighted by atomic mass is 32.2. The van der Waals surface area contributed by atoms with Gasteiger partial charge in [0.2, 0.25) is 0 Å². The van der Waals surface area contributed by atoms with Gasteiger partial charge in [-0.3, -0.25) is 9.89 Å². The maximum Gasteiger partial charge on any atom is 0.251 e. The summed E-state index contributed by atoms with van der Waals surface area (Å²) >= 11 is 1.87. The summed E-state index contributed by atoms with van der Waals surface area (Å²) in [6.07, 6.45) is 7.42. The Morgan fingerprint density at radius 1 is 1.27 bits per heavy atom. The number of rotatable bonds is 6. The molecule has 3 N–H and O–H groups in total. The van der Waals surface area contributed by atoms with Crippen molar-refractivity contribution in [1.29, 1.82) is 0 Å². The normalized spacial score (nSPS) is 21.2. The van der Waals surface area contributed by atoms with E-state index in [0.717, 1.165) is 42.3 Å². The van der Waals surface area contributed by atoms with E-state index in [1.807, 2.05) is 36.0 Å². The number of hydrogen-bond acceptors (Lipinski definition) is 7. The first-order chi connectivity index (χ1) is 14.7. The molecule has 9 heteroatoms. The Kier molecular flexibility index (Phi) is 5.12. The molecule has 2 fully saturated rings. The molecule has 1 saturated heterocycles. The predicted molar refractivity (Wildman–Crippen MR) is 116 cm³/mol. The summed E-state index contributed by atoms with van der Waals surface area (Å²) in [5, 5.41) is 14.2. The second-order valence-corrected chi connectivity index (χ2v) is 8.90. The van der Waals surface area contributed by atoms with E-state index >= 15 is 0 Å². The maximum atomic E-state index is 12.6. The molecule has 1 unspecified atom stereocenters. The van der Waals surface area contributed by atoms with Crippen LogP contribution in [-0.2, 0) is 5.54 Å². The minimum absolute atomic E-state index is 0.0103. The molecule has 1 saturated carbocycles. The van der Waals surface area contributed by atoms with Gasteiger partial charge in [0, 0.05) is 29.2 Å². The van der Waals surface area contributed by atoms with Gasteiger partial charge in [-0.25, -0.2) is 15.0 Å². The molecule has 1 amide bonds. The number of benzene rings is 1. The summed E-state index contributed by atoms with van der Waals surface area (Å²) in [5.41, 5.74) is 1.89. The first kappa shape index (κ1) is 19.0. The van der Waals surface area contributed by atoms with Gasteiger partial charge in [0.15, 0.2) is 11.6 Å². The Labute approximate surface area is 178 Å². The van der Waals surface area contributed by atoms with E-state index in [-0.39, 0.29) is 11.4 Å². The molecule has 30 heavy (non-hydrogen) atoms. The standard InChI is InChI=1S/C21H23N7OS/c29-19(24-15-4-2-5-15)14-3-1-6-16(11-14)26-21(8-10-30-12-21)20-25-18(27-28-20)17-7-9-22-13-23-17/h1,3,6-7,9,11,13,15,26H,2,4-5,8,10,12H2,(H,24,29)(H,25,27,28). The molecule has 1 aliphatic heterocycles. The van der Waals surface area contributed by atoms with Crippen LogP contribution in [0.3, 0.4) is 0 Å². The average Bonchev–Trinajstić information content (AvgIpc) is 3.42. The van der Waals surface area contributed by atoms with Gasteiger partial charge in [-0.1, -0.05) is 6.07 Å². The number of nitrogens with zero attached hydrogens (tertiary/aromatic N) is 4. The lowest BCUT2D eigenvalue weighted by atomic mass is 9.93. The molecule has 8 nitrogen and oxygen atoms in total. The van der Waals surface area contributed by atoms with Crippen molar-refractivity contribution in [2.75, 3.05) is 16.8 Å². The fourth-order valence-corrected chi connectivity index (χ4v) is 5.10.